The molecule has 4 rings (SSSR count). The van der Waals surface area contributed by atoms with Crippen LogP contribution in [-0.2, 0) is 10.9 Å². The Morgan fingerprint density at radius 1 is 1.14 bits per heavy atom. The normalized spacial score (nSPS) is 17.7. The summed E-state index contributed by atoms with van der Waals surface area (Å²) in [5.41, 5.74) is -0.307. The fourth-order valence-electron chi connectivity index (χ4n) is 3.48. The largest absolute Gasteiger partial charge is 0.447 e. The number of hydrogen-bond acceptors (Lipinski definition) is 7. The molecule has 0 bridgehead atoms. The third kappa shape index (κ3) is 5.26. The lowest BCUT2D eigenvalue weighted by atomic mass is 10.1. The SMILES string of the molecule is C[C@H](Nc1nccc(N2C(=O)OCC2[C@H](C)F)n1)c1ncc(-c2ccc(Cl)c(C(F)(F)F)c2)cn1. The number of alkyl halides is 4. The molecule has 35 heavy (non-hydrogen) atoms. The summed E-state index contributed by atoms with van der Waals surface area (Å²) in [6.45, 7) is 2.97. The average Bonchev–Trinajstić information content (AvgIpc) is 3.20. The Morgan fingerprint density at radius 2 is 1.86 bits per heavy atom. The minimum atomic E-state index is -4.59. The number of benzene rings is 1. The fraction of sp³-hybridized carbons (Fsp3) is 0.318. The molecule has 1 aliphatic heterocycles. The van der Waals surface area contributed by atoms with Crippen molar-refractivity contribution in [1.29, 1.82) is 0 Å². The van der Waals surface area contributed by atoms with E-state index in [1.165, 1.54) is 43.7 Å². The second-order valence-electron chi connectivity index (χ2n) is 7.82. The number of halogens is 5. The van der Waals surface area contributed by atoms with Crippen molar-refractivity contribution in [2.45, 2.75) is 38.3 Å². The summed E-state index contributed by atoms with van der Waals surface area (Å²) in [6, 6.07) is 3.72. The summed E-state index contributed by atoms with van der Waals surface area (Å²) in [4.78, 5) is 30.0. The molecule has 184 valence electrons. The zero-order valence-corrected chi connectivity index (χ0v) is 19.2. The van der Waals surface area contributed by atoms with E-state index in [-0.39, 0.29) is 23.9 Å². The van der Waals surface area contributed by atoms with Crippen LogP contribution in [0.15, 0.2) is 42.9 Å². The molecule has 1 fully saturated rings. The van der Waals surface area contributed by atoms with Gasteiger partial charge in [-0.1, -0.05) is 17.7 Å². The van der Waals surface area contributed by atoms with E-state index >= 15 is 0 Å². The molecule has 1 N–H and O–H groups in total. The monoisotopic (exact) mass is 510 g/mol. The average molecular weight is 511 g/mol. The number of cyclic esters (lactones) is 1. The van der Waals surface area contributed by atoms with Crippen LogP contribution in [0, 0.1) is 0 Å². The third-order valence-electron chi connectivity index (χ3n) is 5.33. The van der Waals surface area contributed by atoms with E-state index in [2.05, 4.69) is 25.3 Å². The molecular weight excluding hydrogens is 492 g/mol. The molecule has 1 aromatic carbocycles. The number of aromatic nitrogens is 4. The molecule has 1 amide bonds. The number of nitrogens with zero attached hydrogens (tertiary/aromatic N) is 5. The second kappa shape index (κ2) is 9.61. The van der Waals surface area contributed by atoms with E-state index in [0.29, 0.717) is 11.4 Å². The molecular formula is C22H19ClF4N6O2. The predicted octanol–water partition coefficient (Wildman–Crippen LogP) is 5.46. The summed E-state index contributed by atoms with van der Waals surface area (Å²) < 4.78 is 58.3. The van der Waals surface area contributed by atoms with E-state index in [1.807, 2.05) is 0 Å². The number of ether oxygens (including phenoxy) is 1. The Bertz CT molecular complexity index is 1230. The molecule has 8 nitrogen and oxygen atoms in total. The Balaban J connectivity index is 1.50. The number of carbonyl (C=O) groups excluding carboxylic acids is 1. The predicted molar refractivity (Wildman–Crippen MR) is 120 cm³/mol. The Hall–Kier alpha value is -3.54. The second-order valence-corrected chi connectivity index (χ2v) is 8.23. The van der Waals surface area contributed by atoms with Crippen molar-refractivity contribution < 1.29 is 27.1 Å². The van der Waals surface area contributed by atoms with E-state index < -0.39 is 41.1 Å². The highest BCUT2D eigenvalue weighted by Crippen LogP contribution is 2.37. The maximum Gasteiger partial charge on any atom is 0.417 e. The summed E-state index contributed by atoms with van der Waals surface area (Å²) in [5.74, 6) is 0.634. The van der Waals surface area contributed by atoms with Crippen LogP contribution in [0.5, 0.6) is 0 Å². The van der Waals surface area contributed by atoms with E-state index in [0.717, 1.165) is 11.0 Å². The van der Waals surface area contributed by atoms with Gasteiger partial charge in [0.05, 0.1) is 16.6 Å². The third-order valence-corrected chi connectivity index (χ3v) is 5.66. The highest BCUT2D eigenvalue weighted by atomic mass is 35.5. The van der Waals surface area contributed by atoms with Gasteiger partial charge in [0.15, 0.2) is 0 Å². The molecule has 1 unspecified atom stereocenters. The molecule has 0 radical (unpaired) electrons. The van der Waals surface area contributed by atoms with Gasteiger partial charge < -0.3 is 10.1 Å². The van der Waals surface area contributed by atoms with Crippen LogP contribution in [0.1, 0.15) is 31.3 Å². The maximum atomic E-state index is 13.9. The van der Waals surface area contributed by atoms with Crippen LogP contribution < -0.4 is 10.2 Å². The van der Waals surface area contributed by atoms with Gasteiger partial charge >= 0.3 is 12.3 Å². The summed E-state index contributed by atoms with van der Waals surface area (Å²) >= 11 is 5.68. The molecule has 1 saturated heterocycles. The van der Waals surface area contributed by atoms with Crippen molar-refractivity contribution in [2.75, 3.05) is 16.8 Å². The topological polar surface area (TPSA) is 93.1 Å². The zero-order valence-electron chi connectivity index (χ0n) is 18.4. The Morgan fingerprint density at radius 3 is 2.51 bits per heavy atom. The Labute approximate surface area is 202 Å². The van der Waals surface area contributed by atoms with Gasteiger partial charge in [-0.15, -0.1) is 0 Å². The lowest BCUT2D eigenvalue weighted by Gasteiger charge is -2.22. The first kappa shape index (κ1) is 24.6. The summed E-state index contributed by atoms with van der Waals surface area (Å²) in [5, 5.41) is 2.60. The number of amides is 1. The minimum absolute atomic E-state index is 0.0854. The summed E-state index contributed by atoms with van der Waals surface area (Å²) in [7, 11) is 0. The van der Waals surface area contributed by atoms with Gasteiger partial charge in [0, 0.05) is 24.2 Å². The van der Waals surface area contributed by atoms with E-state index in [4.69, 9.17) is 16.3 Å². The van der Waals surface area contributed by atoms with Crippen molar-refractivity contribution >= 4 is 29.5 Å². The first-order chi connectivity index (χ1) is 16.5. The van der Waals surface area contributed by atoms with Crippen molar-refractivity contribution in [3.05, 3.63) is 59.3 Å². The molecule has 0 saturated carbocycles. The van der Waals surface area contributed by atoms with Crippen LogP contribution in [0.2, 0.25) is 5.02 Å². The lowest BCUT2D eigenvalue weighted by Crippen LogP contribution is -2.39. The molecule has 3 heterocycles. The highest BCUT2D eigenvalue weighted by molar-refractivity contribution is 6.31. The van der Waals surface area contributed by atoms with Crippen molar-refractivity contribution in [2.24, 2.45) is 0 Å². The number of hydrogen-bond donors (Lipinski definition) is 1. The smallest absolute Gasteiger partial charge is 0.417 e. The van der Waals surface area contributed by atoms with Gasteiger partial charge in [-0.3, -0.25) is 4.90 Å². The van der Waals surface area contributed by atoms with Crippen molar-refractivity contribution in [3.8, 4) is 11.1 Å². The molecule has 0 aliphatic carbocycles. The molecule has 0 spiro atoms. The van der Waals surface area contributed by atoms with Crippen LogP contribution in [-0.4, -0.2) is 44.8 Å². The van der Waals surface area contributed by atoms with Crippen molar-refractivity contribution in [3.63, 3.8) is 0 Å². The van der Waals surface area contributed by atoms with Crippen LogP contribution >= 0.6 is 11.6 Å². The molecule has 2 aromatic heterocycles. The zero-order chi connectivity index (χ0) is 25.3. The van der Waals surface area contributed by atoms with E-state index in [9.17, 15) is 22.4 Å². The van der Waals surface area contributed by atoms with Gasteiger partial charge in [0.25, 0.3) is 0 Å². The van der Waals surface area contributed by atoms with Gasteiger partial charge in [0.2, 0.25) is 5.95 Å². The minimum Gasteiger partial charge on any atom is -0.447 e. The van der Waals surface area contributed by atoms with Crippen LogP contribution in [0.3, 0.4) is 0 Å². The van der Waals surface area contributed by atoms with Gasteiger partial charge in [-0.05, 0) is 37.6 Å². The number of carbonyl (C=O) groups is 1. The van der Waals surface area contributed by atoms with Crippen LogP contribution in [0.4, 0.5) is 34.1 Å². The summed E-state index contributed by atoms with van der Waals surface area (Å²) in [6.07, 6.45) is -2.41. The van der Waals surface area contributed by atoms with Gasteiger partial charge in [-0.25, -0.2) is 24.1 Å². The van der Waals surface area contributed by atoms with Gasteiger partial charge in [-0.2, -0.15) is 18.2 Å². The van der Waals surface area contributed by atoms with E-state index in [1.54, 1.807) is 6.92 Å². The fourth-order valence-corrected chi connectivity index (χ4v) is 3.71. The lowest BCUT2D eigenvalue weighted by molar-refractivity contribution is -0.137. The quantitative estimate of drug-likeness (QED) is 0.440. The van der Waals surface area contributed by atoms with Crippen molar-refractivity contribution in [1.82, 2.24) is 19.9 Å². The number of nitrogens with one attached hydrogen (secondary N) is 1. The standard InChI is InChI=1S/C22H19ClF4N6O2/c1-11(24)17-10-35-21(34)33(17)18-5-6-28-20(32-18)31-12(2)19-29-8-14(9-30-19)13-3-4-16(23)15(7-13)22(25,26)27/h3-9,11-12,17H,10H2,1-2H3,(H,28,31,32)/t11-,12-,17?/m0/s1. The maximum absolute atomic E-state index is 13.9. The highest BCUT2D eigenvalue weighted by Gasteiger charge is 2.39. The number of rotatable bonds is 6. The first-order valence-electron chi connectivity index (χ1n) is 10.4. The first-order valence-corrected chi connectivity index (χ1v) is 10.8. The molecule has 3 atom stereocenters. The van der Waals surface area contributed by atoms with Crippen LogP contribution in [0.25, 0.3) is 11.1 Å². The molecule has 1 aliphatic rings. The molecule has 3 aromatic rings. The Kier molecular flexibility index (Phi) is 6.75. The number of anilines is 2. The van der Waals surface area contributed by atoms with Gasteiger partial charge in [0.1, 0.15) is 30.5 Å². The molecule has 13 heteroatoms.